The molecule has 5 heteroatoms. The molecule has 0 fully saturated rings. The first-order chi connectivity index (χ1) is 13.1. The standard InChI is InChI=1S/C22H26N2O2S/c1-15-9-10-17-19(13-15)27-21-20(17)22(25)24(14-23-21)11-5-6-12-26-18-8-4-3-7-16(18)2/h3-4,7-8,14-15H,5-6,9-13H2,1-2H3/t15-/m0/s1. The molecule has 0 aliphatic heterocycles. The van der Waals surface area contributed by atoms with Crippen molar-refractivity contribution in [3.63, 3.8) is 0 Å². The zero-order chi connectivity index (χ0) is 18.8. The maximum absolute atomic E-state index is 13.0. The monoisotopic (exact) mass is 382 g/mol. The Kier molecular flexibility index (Phi) is 5.30. The predicted molar refractivity (Wildman–Crippen MR) is 111 cm³/mol. The molecule has 1 aliphatic carbocycles. The summed E-state index contributed by atoms with van der Waals surface area (Å²) in [4.78, 5) is 19.8. The Balaban J connectivity index is 1.40. The number of thiophene rings is 1. The number of aryl methyl sites for hydroxylation is 3. The molecule has 0 unspecified atom stereocenters. The van der Waals surface area contributed by atoms with Gasteiger partial charge in [0.25, 0.3) is 5.56 Å². The highest BCUT2D eigenvalue weighted by Gasteiger charge is 2.23. The molecule has 1 atom stereocenters. The minimum atomic E-state index is 0.131. The summed E-state index contributed by atoms with van der Waals surface area (Å²) in [5, 5.41) is 0.876. The van der Waals surface area contributed by atoms with Crippen molar-refractivity contribution in [3.8, 4) is 5.75 Å². The highest BCUT2D eigenvalue weighted by Crippen LogP contribution is 2.35. The largest absolute Gasteiger partial charge is 0.493 e. The van der Waals surface area contributed by atoms with Gasteiger partial charge in [0.2, 0.25) is 0 Å². The van der Waals surface area contributed by atoms with E-state index in [2.05, 4.69) is 24.9 Å². The Morgan fingerprint density at radius 3 is 3.00 bits per heavy atom. The molecule has 142 valence electrons. The van der Waals surface area contributed by atoms with Crippen LogP contribution in [0.3, 0.4) is 0 Å². The molecular weight excluding hydrogens is 356 g/mol. The summed E-state index contributed by atoms with van der Waals surface area (Å²) in [7, 11) is 0. The summed E-state index contributed by atoms with van der Waals surface area (Å²) >= 11 is 1.71. The predicted octanol–water partition coefficient (Wildman–Crippen LogP) is 4.75. The average Bonchev–Trinajstić information content (AvgIpc) is 3.02. The van der Waals surface area contributed by atoms with Gasteiger partial charge in [-0.05, 0) is 62.1 Å². The van der Waals surface area contributed by atoms with Crippen LogP contribution in [0.2, 0.25) is 0 Å². The van der Waals surface area contributed by atoms with Crippen LogP contribution in [-0.4, -0.2) is 16.2 Å². The summed E-state index contributed by atoms with van der Waals surface area (Å²) in [5.74, 6) is 1.65. The molecule has 2 heterocycles. The van der Waals surface area contributed by atoms with Crippen molar-refractivity contribution >= 4 is 21.6 Å². The van der Waals surface area contributed by atoms with E-state index in [1.54, 1.807) is 22.2 Å². The second-order valence-electron chi connectivity index (χ2n) is 7.60. The normalized spacial score (nSPS) is 16.4. The second-order valence-corrected chi connectivity index (χ2v) is 8.68. The van der Waals surface area contributed by atoms with E-state index in [4.69, 9.17) is 4.74 Å². The van der Waals surface area contributed by atoms with E-state index >= 15 is 0 Å². The summed E-state index contributed by atoms with van der Waals surface area (Å²) in [5.41, 5.74) is 2.55. The fourth-order valence-corrected chi connectivity index (χ4v) is 5.15. The van der Waals surface area contributed by atoms with Crippen LogP contribution in [-0.2, 0) is 19.4 Å². The van der Waals surface area contributed by atoms with Crippen LogP contribution in [0.5, 0.6) is 5.75 Å². The third-order valence-electron chi connectivity index (χ3n) is 5.43. The Bertz CT molecular complexity index is 1010. The lowest BCUT2D eigenvalue weighted by Crippen LogP contribution is -2.22. The Morgan fingerprint density at radius 2 is 2.15 bits per heavy atom. The molecule has 0 saturated heterocycles. The Morgan fingerprint density at radius 1 is 1.30 bits per heavy atom. The van der Waals surface area contributed by atoms with Crippen molar-refractivity contribution in [3.05, 3.63) is 57.0 Å². The topological polar surface area (TPSA) is 44.1 Å². The average molecular weight is 383 g/mol. The van der Waals surface area contributed by atoms with Gasteiger partial charge in [0.1, 0.15) is 10.6 Å². The third-order valence-corrected chi connectivity index (χ3v) is 6.59. The van der Waals surface area contributed by atoms with Crippen LogP contribution in [0.15, 0.2) is 35.4 Å². The van der Waals surface area contributed by atoms with Gasteiger partial charge in [0, 0.05) is 11.4 Å². The van der Waals surface area contributed by atoms with E-state index in [-0.39, 0.29) is 5.56 Å². The molecule has 4 nitrogen and oxygen atoms in total. The lowest BCUT2D eigenvalue weighted by molar-refractivity contribution is 0.301. The summed E-state index contributed by atoms with van der Waals surface area (Å²) < 4.78 is 7.62. The number of ether oxygens (including phenoxy) is 1. The van der Waals surface area contributed by atoms with Crippen LogP contribution in [0.25, 0.3) is 10.2 Å². The van der Waals surface area contributed by atoms with Crippen molar-refractivity contribution in [1.29, 1.82) is 0 Å². The van der Waals surface area contributed by atoms with Crippen molar-refractivity contribution in [2.24, 2.45) is 5.92 Å². The Labute approximate surface area is 163 Å². The number of unbranched alkanes of at least 4 members (excludes halogenated alkanes) is 1. The van der Waals surface area contributed by atoms with E-state index in [1.807, 2.05) is 18.2 Å². The van der Waals surface area contributed by atoms with Gasteiger partial charge in [0.05, 0.1) is 18.3 Å². The van der Waals surface area contributed by atoms with Gasteiger partial charge in [-0.25, -0.2) is 4.98 Å². The Hall–Kier alpha value is -2.14. The maximum atomic E-state index is 13.0. The van der Waals surface area contributed by atoms with Crippen LogP contribution in [0.1, 0.15) is 42.2 Å². The zero-order valence-corrected chi connectivity index (χ0v) is 16.8. The number of rotatable bonds is 6. The molecule has 0 bridgehead atoms. The smallest absolute Gasteiger partial charge is 0.262 e. The molecule has 2 aromatic heterocycles. The minimum absolute atomic E-state index is 0.131. The van der Waals surface area contributed by atoms with Gasteiger partial charge >= 0.3 is 0 Å². The third kappa shape index (κ3) is 3.79. The molecule has 1 aliphatic rings. The molecule has 0 saturated carbocycles. The first-order valence-electron chi connectivity index (χ1n) is 9.81. The molecule has 0 N–H and O–H groups in total. The van der Waals surface area contributed by atoms with Crippen molar-refractivity contribution in [1.82, 2.24) is 9.55 Å². The van der Waals surface area contributed by atoms with Crippen molar-refractivity contribution in [2.75, 3.05) is 6.61 Å². The number of hydrogen-bond acceptors (Lipinski definition) is 4. The SMILES string of the molecule is Cc1ccccc1OCCCCn1cnc2sc3c(c2c1=O)CC[C@H](C)C3. The maximum Gasteiger partial charge on any atom is 0.262 e. The van der Waals surface area contributed by atoms with Gasteiger partial charge in [-0.1, -0.05) is 25.1 Å². The number of fused-ring (bicyclic) bond motifs is 3. The van der Waals surface area contributed by atoms with E-state index in [1.165, 1.54) is 16.9 Å². The number of hydrogen-bond donors (Lipinski definition) is 0. The lowest BCUT2D eigenvalue weighted by atomic mass is 9.89. The molecule has 0 spiro atoms. The van der Waals surface area contributed by atoms with Gasteiger partial charge in [0.15, 0.2) is 0 Å². The highest BCUT2D eigenvalue weighted by molar-refractivity contribution is 7.18. The molecule has 0 amide bonds. The van der Waals surface area contributed by atoms with Gasteiger partial charge in [-0.15, -0.1) is 11.3 Å². The molecule has 1 aromatic carbocycles. The highest BCUT2D eigenvalue weighted by atomic mass is 32.1. The number of nitrogens with zero attached hydrogens (tertiary/aromatic N) is 2. The minimum Gasteiger partial charge on any atom is -0.493 e. The van der Waals surface area contributed by atoms with Crippen LogP contribution in [0.4, 0.5) is 0 Å². The molecule has 0 radical (unpaired) electrons. The van der Waals surface area contributed by atoms with Crippen LogP contribution < -0.4 is 10.3 Å². The number of para-hydroxylation sites is 1. The lowest BCUT2D eigenvalue weighted by Gasteiger charge is -2.17. The zero-order valence-electron chi connectivity index (χ0n) is 16.0. The fraction of sp³-hybridized carbons (Fsp3) is 0.455. The fourth-order valence-electron chi connectivity index (χ4n) is 3.81. The van der Waals surface area contributed by atoms with Gasteiger partial charge in [-0.3, -0.25) is 9.36 Å². The van der Waals surface area contributed by atoms with Gasteiger partial charge in [-0.2, -0.15) is 0 Å². The summed E-state index contributed by atoms with van der Waals surface area (Å²) in [6, 6.07) is 8.06. The van der Waals surface area contributed by atoms with Crippen molar-refractivity contribution < 1.29 is 4.74 Å². The first kappa shape index (κ1) is 18.2. The van der Waals surface area contributed by atoms with E-state index in [9.17, 15) is 4.79 Å². The molecule has 27 heavy (non-hydrogen) atoms. The van der Waals surface area contributed by atoms with Crippen LogP contribution in [0, 0.1) is 12.8 Å². The van der Waals surface area contributed by atoms with E-state index < -0.39 is 0 Å². The summed E-state index contributed by atoms with van der Waals surface area (Å²) in [6.07, 6.45) is 6.82. The number of benzene rings is 1. The molecular formula is C22H26N2O2S. The number of aromatic nitrogens is 2. The second kappa shape index (κ2) is 7.85. The molecule has 4 rings (SSSR count). The van der Waals surface area contributed by atoms with Crippen molar-refractivity contribution in [2.45, 2.75) is 52.5 Å². The van der Waals surface area contributed by atoms with Crippen LogP contribution >= 0.6 is 11.3 Å². The van der Waals surface area contributed by atoms with Gasteiger partial charge < -0.3 is 4.74 Å². The molecule has 3 aromatic rings. The first-order valence-corrected chi connectivity index (χ1v) is 10.6. The van der Waals surface area contributed by atoms with E-state index in [0.717, 1.165) is 47.2 Å². The quantitative estimate of drug-likeness (QED) is 0.578. The van der Waals surface area contributed by atoms with E-state index in [0.29, 0.717) is 19.1 Å². The summed E-state index contributed by atoms with van der Waals surface area (Å²) in [6.45, 7) is 5.71.